The lowest BCUT2D eigenvalue weighted by atomic mass is 10.1. The number of rotatable bonds is 42. The summed E-state index contributed by atoms with van der Waals surface area (Å²) in [6.07, 6.45) is 58.8. The van der Waals surface area contributed by atoms with Crippen molar-refractivity contribution < 1.29 is 38.2 Å². The van der Waals surface area contributed by atoms with E-state index in [1.165, 1.54) is 32.1 Å². The van der Waals surface area contributed by atoms with Gasteiger partial charge in [-0.15, -0.1) is 0 Å². The van der Waals surface area contributed by atoms with Crippen LogP contribution < -0.4 is 0 Å². The van der Waals surface area contributed by atoms with E-state index in [1.54, 1.807) is 0 Å². The second-order valence-electron chi connectivity index (χ2n) is 17.0. The number of carbonyl (C=O) groups is 3. The summed E-state index contributed by atoms with van der Waals surface area (Å²) in [7, 11) is 5.51. The molecule has 0 saturated carbocycles. The van der Waals surface area contributed by atoms with Crippen LogP contribution in [0.2, 0.25) is 0 Å². The molecular weight excluding hydrogens is 775 g/mol. The summed E-state index contributed by atoms with van der Waals surface area (Å²) in [5, 5.41) is 9.64. The average Bonchev–Trinajstić information content (AvgIpc) is 3.23. The molecule has 0 amide bonds. The number of ether oxygens (including phenoxy) is 3. The zero-order chi connectivity index (χ0) is 45.6. The van der Waals surface area contributed by atoms with Crippen LogP contribution in [-0.2, 0) is 28.6 Å². The van der Waals surface area contributed by atoms with Crippen molar-refractivity contribution in [2.45, 2.75) is 187 Å². The van der Waals surface area contributed by atoms with E-state index in [2.05, 4.69) is 111 Å². The minimum Gasteiger partial charge on any atom is -0.477 e. The quantitative estimate of drug-likeness (QED) is 0.0214. The van der Waals surface area contributed by atoms with Gasteiger partial charge in [-0.05, 0) is 83.5 Å². The predicted octanol–water partition coefficient (Wildman–Crippen LogP) is 13.9. The van der Waals surface area contributed by atoms with Crippen LogP contribution in [-0.4, -0.2) is 80.6 Å². The van der Waals surface area contributed by atoms with Gasteiger partial charge in [0.25, 0.3) is 0 Å². The van der Waals surface area contributed by atoms with Crippen molar-refractivity contribution in [3.63, 3.8) is 0 Å². The fourth-order valence-electron chi connectivity index (χ4n) is 6.53. The van der Waals surface area contributed by atoms with E-state index >= 15 is 0 Å². The topological polar surface area (TPSA) is 99.1 Å². The molecule has 0 saturated heterocycles. The van der Waals surface area contributed by atoms with Crippen molar-refractivity contribution in [3.05, 3.63) is 97.2 Å². The molecule has 1 N–H and O–H groups in total. The summed E-state index contributed by atoms with van der Waals surface area (Å²) in [4.78, 5) is 37.1. The molecule has 0 radical (unpaired) electrons. The van der Waals surface area contributed by atoms with Gasteiger partial charge < -0.3 is 23.8 Å². The van der Waals surface area contributed by atoms with E-state index in [0.29, 0.717) is 19.3 Å². The molecule has 0 aromatic rings. The van der Waals surface area contributed by atoms with E-state index in [9.17, 15) is 19.5 Å². The SMILES string of the molecule is CC/C=C/C/C=C/C/C=C/C/C=C/C/C=C/CCCCCCC(=O)OCC(COCCC(C(=O)O)[N+](C)(C)C)OC(=O)CCCCCCC/C=C/C=C/C=C/CCCCCCC. The standard InChI is InChI=1S/C54H89NO7/c1-6-8-10-12-14-16-18-20-22-24-26-27-29-30-32-34-36-38-40-42-44-52(56)61-49-50(48-60-47-46-51(54(58)59)55(3,4)5)62-53(57)45-43-41-39-37-35-33-31-28-25-23-21-19-17-15-13-11-9-7-2/h8,10,14,16,19-23,25-28,30-32,50-51H,6-7,9,11-13,15,17-18,24,29,33-49H2,1-5H3/p+1/b10-8+,16-14+,21-19+,22-20+,25-23+,27-26+,31-28+,32-30+. The largest absolute Gasteiger partial charge is 0.477 e. The molecule has 0 rings (SSSR count). The Hall–Kier alpha value is -3.75. The van der Waals surface area contributed by atoms with Crippen LogP contribution >= 0.6 is 0 Å². The van der Waals surface area contributed by atoms with Crippen molar-refractivity contribution in [2.75, 3.05) is 41.0 Å². The molecule has 62 heavy (non-hydrogen) atoms. The molecule has 8 nitrogen and oxygen atoms in total. The summed E-state index contributed by atoms with van der Waals surface area (Å²) in [6, 6.07) is -0.629. The third-order valence-corrected chi connectivity index (χ3v) is 10.3. The van der Waals surface area contributed by atoms with Gasteiger partial charge in [0.05, 0.1) is 34.4 Å². The van der Waals surface area contributed by atoms with Crippen molar-refractivity contribution in [2.24, 2.45) is 0 Å². The zero-order valence-corrected chi connectivity index (χ0v) is 40.0. The second kappa shape index (κ2) is 43.9. The number of nitrogens with zero attached hydrogens (tertiary/aromatic N) is 1. The predicted molar refractivity (Wildman–Crippen MR) is 261 cm³/mol. The Morgan fingerprint density at radius 3 is 1.47 bits per heavy atom. The first-order valence-corrected chi connectivity index (χ1v) is 24.3. The highest BCUT2D eigenvalue weighted by Crippen LogP contribution is 2.13. The molecule has 0 aromatic heterocycles. The number of carbonyl (C=O) groups excluding carboxylic acids is 2. The monoisotopic (exact) mass is 865 g/mol. The van der Waals surface area contributed by atoms with Crippen molar-refractivity contribution in [3.8, 4) is 0 Å². The van der Waals surface area contributed by atoms with Crippen LogP contribution in [0.5, 0.6) is 0 Å². The summed E-state index contributed by atoms with van der Waals surface area (Å²) >= 11 is 0. The summed E-state index contributed by atoms with van der Waals surface area (Å²) in [5.41, 5.74) is 0. The molecule has 0 spiro atoms. The Labute approximate surface area is 379 Å². The summed E-state index contributed by atoms with van der Waals surface area (Å²) in [5.74, 6) is -1.54. The van der Waals surface area contributed by atoms with E-state index in [-0.39, 0.29) is 36.2 Å². The lowest BCUT2D eigenvalue weighted by Gasteiger charge is -2.31. The number of hydrogen-bond donors (Lipinski definition) is 1. The van der Waals surface area contributed by atoms with Crippen molar-refractivity contribution in [1.82, 2.24) is 0 Å². The van der Waals surface area contributed by atoms with E-state index in [0.717, 1.165) is 109 Å². The van der Waals surface area contributed by atoms with Gasteiger partial charge in [0.2, 0.25) is 0 Å². The Balaban J connectivity index is 4.41. The number of aliphatic carboxylic acids is 1. The number of carboxylic acid groups (broad SMARTS) is 1. The Bertz CT molecular complexity index is 1330. The number of hydrogen-bond acceptors (Lipinski definition) is 6. The summed E-state index contributed by atoms with van der Waals surface area (Å²) < 4.78 is 17.3. The van der Waals surface area contributed by atoms with E-state index in [4.69, 9.17) is 14.2 Å². The second-order valence-corrected chi connectivity index (χ2v) is 17.0. The highest BCUT2D eigenvalue weighted by Gasteiger charge is 2.31. The molecule has 0 aliphatic carbocycles. The molecule has 0 aliphatic heterocycles. The van der Waals surface area contributed by atoms with Crippen molar-refractivity contribution in [1.29, 1.82) is 0 Å². The average molecular weight is 865 g/mol. The van der Waals surface area contributed by atoms with Gasteiger partial charge in [-0.1, -0.05) is 169 Å². The van der Waals surface area contributed by atoms with Gasteiger partial charge >= 0.3 is 17.9 Å². The molecule has 0 aliphatic rings. The number of likely N-dealkylation sites (N-methyl/N-ethyl adjacent to an activating group) is 1. The maximum Gasteiger partial charge on any atom is 0.362 e. The van der Waals surface area contributed by atoms with Crippen LogP contribution in [0.4, 0.5) is 0 Å². The molecule has 0 bridgehead atoms. The molecule has 0 heterocycles. The number of quaternary nitrogens is 1. The lowest BCUT2D eigenvalue weighted by Crippen LogP contribution is -2.50. The maximum atomic E-state index is 12.8. The smallest absolute Gasteiger partial charge is 0.362 e. The number of esters is 2. The fraction of sp³-hybridized carbons (Fsp3) is 0.648. The van der Waals surface area contributed by atoms with E-state index in [1.807, 2.05) is 21.1 Å². The van der Waals surface area contributed by atoms with Crippen LogP contribution in [0.3, 0.4) is 0 Å². The van der Waals surface area contributed by atoms with Gasteiger partial charge in [-0.25, -0.2) is 4.79 Å². The molecule has 8 heteroatoms. The normalized spacial score (nSPS) is 13.8. The lowest BCUT2D eigenvalue weighted by molar-refractivity contribution is -0.887. The number of carboxylic acids is 1. The first-order chi connectivity index (χ1) is 30.1. The zero-order valence-electron chi connectivity index (χ0n) is 40.0. The third kappa shape index (κ3) is 41.6. The Kier molecular flexibility index (Phi) is 41.2. The number of allylic oxidation sites excluding steroid dienone is 16. The Morgan fingerprint density at radius 1 is 0.516 bits per heavy atom. The highest BCUT2D eigenvalue weighted by atomic mass is 16.6. The van der Waals surface area contributed by atoms with E-state index < -0.39 is 18.1 Å². The molecule has 2 atom stereocenters. The summed E-state index contributed by atoms with van der Waals surface area (Å²) in [6.45, 7) is 4.54. The first kappa shape index (κ1) is 58.2. The van der Waals surface area contributed by atoms with Gasteiger partial charge in [0.1, 0.15) is 6.61 Å². The van der Waals surface area contributed by atoms with Crippen molar-refractivity contribution >= 4 is 17.9 Å². The van der Waals surface area contributed by atoms with Gasteiger partial charge in [-0.2, -0.15) is 0 Å². The molecule has 0 fully saturated rings. The highest BCUT2D eigenvalue weighted by molar-refractivity contribution is 5.72. The van der Waals surface area contributed by atoms with Crippen LogP contribution in [0.1, 0.15) is 174 Å². The van der Waals surface area contributed by atoms with Gasteiger partial charge in [0.15, 0.2) is 12.1 Å². The molecule has 2 unspecified atom stereocenters. The maximum absolute atomic E-state index is 12.8. The van der Waals surface area contributed by atoms with Crippen LogP contribution in [0, 0.1) is 0 Å². The first-order valence-electron chi connectivity index (χ1n) is 24.3. The van der Waals surface area contributed by atoms with Crippen LogP contribution in [0.15, 0.2) is 97.2 Å². The molecule has 352 valence electrons. The third-order valence-electron chi connectivity index (χ3n) is 10.3. The molecular formula is C54H90NO7+. The fourth-order valence-corrected chi connectivity index (χ4v) is 6.53. The molecule has 0 aromatic carbocycles. The van der Waals surface area contributed by atoms with Gasteiger partial charge in [-0.3, -0.25) is 9.59 Å². The number of unbranched alkanes of at least 4 members (excludes halogenated alkanes) is 14. The Morgan fingerprint density at radius 2 is 0.968 bits per heavy atom. The van der Waals surface area contributed by atoms with Crippen LogP contribution in [0.25, 0.3) is 0 Å². The van der Waals surface area contributed by atoms with Gasteiger partial charge in [0, 0.05) is 19.3 Å². The minimum atomic E-state index is -0.886. The minimum absolute atomic E-state index is 0.0381.